The summed E-state index contributed by atoms with van der Waals surface area (Å²) in [7, 11) is 0. The van der Waals surface area contributed by atoms with Gasteiger partial charge in [-0.3, -0.25) is 0 Å². The maximum absolute atomic E-state index is 11.7. The quantitative estimate of drug-likeness (QED) is 0.481. The van der Waals surface area contributed by atoms with Gasteiger partial charge in [0.15, 0.2) is 0 Å². The topological polar surface area (TPSA) is 46.6 Å². The van der Waals surface area contributed by atoms with E-state index < -0.39 is 12.2 Å². The summed E-state index contributed by atoms with van der Waals surface area (Å²) in [6.07, 6.45) is -0.686. The number of carbonyl (C=O) groups excluding carboxylic acids is 2. The van der Waals surface area contributed by atoms with Gasteiger partial charge in [-0.2, -0.15) is 0 Å². The molecule has 1 aliphatic heterocycles. The molecule has 0 radical (unpaired) electrons. The molecule has 1 atom stereocenters. The third-order valence-corrected chi connectivity index (χ3v) is 4.98. The second-order valence-electron chi connectivity index (χ2n) is 3.74. The van der Waals surface area contributed by atoms with Crippen molar-refractivity contribution in [2.24, 2.45) is 0 Å². The van der Waals surface area contributed by atoms with Gasteiger partial charge in [0.25, 0.3) is 0 Å². The molecule has 1 aromatic rings. The van der Waals surface area contributed by atoms with Crippen molar-refractivity contribution in [3.05, 3.63) is 35.4 Å². The minimum atomic E-state index is -0.641. The van der Waals surface area contributed by atoms with E-state index in [-0.39, 0.29) is 32.0 Å². The predicted octanol–water partition coefficient (Wildman–Crippen LogP) is 1.55. The van der Waals surface area contributed by atoms with Crippen molar-refractivity contribution in [2.75, 3.05) is 0 Å². The van der Waals surface area contributed by atoms with Crippen LogP contribution in [0.1, 0.15) is 11.1 Å². The summed E-state index contributed by atoms with van der Waals surface area (Å²) in [4.78, 5) is 22.9. The Labute approximate surface area is 124 Å². The molecule has 4 nitrogen and oxygen atoms in total. The van der Waals surface area contributed by atoms with Crippen LogP contribution in [0.25, 0.3) is 0 Å². The first-order valence-corrected chi connectivity index (χ1v) is 8.18. The van der Waals surface area contributed by atoms with E-state index in [4.69, 9.17) is 4.74 Å². The molecule has 1 unspecified atom stereocenters. The molecule has 2 rings (SSSR count). The molecule has 1 aromatic carbocycles. The van der Waals surface area contributed by atoms with Crippen LogP contribution in [0.15, 0.2) is 24.3 Å². The first-order chi connectivity index (χ1) is 8.11. The zero-order valence-corrected chi connectivity index (χ0v) is 15.0. The molecule has 1 aliphatic rings. The molecule has 17 heavy (non-hydrogen) atoms. The number of halogens is 1. The van der Waals surface area contributed by atoms with Gasteiger partial charge >= 0.3 is 124 Å². The van der Waals surface area contributed by atoms with Crippen molar-refractivity contribution in [3.8, 4) is 0 Å². The van der Waals surface area contributed by atoms with Crippen LogP contribution in [0.2, 0.25) is 0 Å². The number of rotatable bonds is 3. The monoisotopic (exact) mass is 487 g/mol. The first-order valence-electron chi connectivity index (χ1n) is 5.05. The molecule has 1 heterocycles. The molecule has 86 valence electrons. The molecule has 0 aromatic heterocycles. The number of ether oxygens (including phenoxy) is 1. The van der Waals surface area contributed by atoms with Crippen LogP contribution < -0.4 is 0 Å². The van der Waals surface area contributed by atoms with E-state index in [2.05, 4.69) is 15.9 Å². The van der Waals surface area contributed by atoms with Crippen molar-refractivity contribution < 1.29 is 14.3 Å². The fourth-order valence-electron chi connectivity index (χ4n) is 1.66. The molecule has 0 saturated carbocycles. The third-order valence-electron chi connectivity index (χ3n) is 2.52. The van der Waals surface area contributed by atoms with Gasteiger partial charge in [0, 0.05) is 0 Å². The summed E-state index contributed by atoms with van der Waals surface area (Å²) in [5, 5.41) is 0.771. The fourth-order valence-corrected chi connectivity index (χ4v) is 2.89. The molecule has 1 fully saturated rings. The maximum atomic E-state index is 11.7. The Balaban J connectivity index is 2.11. The second-order valence-corrected chi connectivity index (χ2v) is 6.31. The number of benzene rings is 1. The van der Waals surface area contributed by atoms with E-state index in [0.717, 1.165) is 16.5 Å². The average Bonchev–Trinajstić information content (AvgIpc) is 2.57. The van der Waals surface area contributed by atoms with Crippen LogP contribution in [0, 0.1) is 0 Å². The zero-order valence-electron chi connectivity index (χ0n) is 8.93. The van der Waals surface area contributed by atoms with Gasteiger partial charge in [0.2, 0.25) is 0 Å². The summed E-state index contributed by atoms with van der Waals surface area (Å²) in [5.41, 5.74) is 2.15. The van der Waals surface area contributed by atoms with Crippen molar-refractivity contribution in [2.45, 2.75) is 17.9 Å². The Hall–Kier alpha value is -0.438. The van der Waals surface area contributed by atoms with Crippen molar-refractivity contribution >= 4 is 54.0 Å². The van der Waals surface area contributed by atoms with Crippen molar-refractivity contribution in [3.63, 3.8) is 0 Å². The second kappa shape index (κ2) is 5.47. The number of hydrogen-bond acceptors (Lipinski definition) is 3. The first kappa shape index (κ1) is 13.0. The molecule has 0 spiro atoms. The van der Waals surface area contributed by atoms with Gasteiger partial charge in [0.1, 0.15) is 0 Å². The Morgan fingerprint density at radius 3 is 2.65 bits per heavy atom. The van der Waals surface area contributed by atoms with Gasteiger partial charge in [-0.15, -0.1) is 0 Å². The van der Waals surface area contributed by atoms with Crippen molar-refractivity contribution in [1.82, 2.24) is 2.71 Å². The van der Waals surface area contributed by atoms with E-state index in [9.17, 15) is 9.59 Å². The number of carbonyl (C=O) groups is 2. The van der Waals surface area contributed by atoms with Crippen LogP contribution in [0.3, 0.4) is 0 Å². The van der Waals surface area contributed by atoms with Gasteiger partial charge in [-0.05, 0) is 0 Å². The van der Waals surface area contributed by atoms with E-state index in [0.29, 0.717) is 6.42 Å². The normalized spacial score (nSPS) is 19.5. The molecule has 0 N–H and O–H groups in total. The summed E-state index contributed by atoms with van der Waals surface area (Å²) >= 11 is 3.55. The number of alkyl halides is 1. The number of amides is 2. The van der Waals surface area contributed by atoms with Gasteiger partial charge < -0.3 is 0 Å². The number of hydrogen-bond donors (Lipinski definition) is 0. The fraction of sp³-hybridized carbons (Fsp3) is 0.273. The van der Waals surface area contributed by atoms with Crippen molar-refractivity contribution in [1.29, 1.82) is 0 Å². The molecule has 6 heteroatoms. The van der Waals surface area contributed by atoms with E-state index in [1.165, 1.54) is 2.71 Å². The van der Waals surface area contributed by atoms with Crippen LogP contribution >= 0.6 is 15.9 Å². The molecule has 1 saturated heterocycles. The zero-order chi connectivity index (χ0) is 12.4. The van der Waals surface area contributed by atoms with Crippen LogP contribution in [0.4, 0.5) is 4.79 Å². The molecule has 0 aliphatic carbocycles. The minimum absolute atomic E-state index is 0.166. The Morgan fingerprint density at radius 1 is 1.35 bits per heavy atom. The standard InChI is InChI=1S/C11H10BrNO3.Tl/c12-6-8-3-1-2-7(4-8)5-9-10(14)13-11(15)16-9;/h1-4,9H,5-6H2,(H,13,14,15);/q;+1/p-1. The van der Waals surface area contributed by atoms with E-state index in [1.807, 2.05) is 24.3 Å². The van der Waals surface area contributed by atoms with Crippen LogP contribution in [-0.4, -0.2) is 46.9 Å². The Morgan fingerprint density at radius 2 is 2.06 bits per heavy atom. The summed E-state index contributed by atoms with van der Waals surface area (Å²) < 4.78 is 6.21. The summed E-state index contributed by atoms with van der Waals surface area (Å²) in [6, 6.07) is 7.88. The Kier molecular flexibility index (Phi) is 4.18. The average molecular weight is 487 g/mol. The van der Waals surface area contributed by atoms with Crippen LogP contribution in [-0.2, 0) is 21.3 Å². The molecular weight excluding hydrogens is 478 g/mol. The predicted molar refractivity (Wildman–Crippen MR) is 65.6 cm³/mol. The SMILES string of the molecule is O=C1OC(Cc2cccc(CBr)c2)C(=O)[N]1[Tl]. The summed E-state index contributed by atoms with van der Waals surface area (Å²) in [5.74, 6) is -0.204. The van der Waals surface area contributed by atoms with E-state index in [1.54, 1.807) is 0 Å². The number of imide groups is 1. The number of nitrogens with zero attached hydrogens (tertiary/aromatic N) is 1. The van der Waals surface area contributed by atoms with Gasteiger partial charge in [0.05, 0.1) is 0 Å². The molecule has 2 amide bonds. The van der Waals surface area contributed by atoms with Gasteiger partial charge in [-0.25, -0.2) is 0 Å². The van der Waals surface area contributed by atoms with Gasteiger partial charge in [-0.1, -0.05) is 0 Å². The Bertz CT molecular complexity index is 466. The molecular formula is C11H9BrNO3Tl. The number of cyclic esters (lactones) is 1. The van der Waals surface area contributed by atoms with Crippen LogP contribution in [0.5, 0.6) is 0 Å². The summed E-state index contributed by atoms with van der Waals surface area (Å²) in [6.45, 7) is 0. The third kappa shape index (κ3) is 2.87. The van der Waals surface area contributed by atoms with E-state index >= 15 is 0 Å². The molecule has 0 bridgehead atoms.